The molecule has 1 aliphatic carbocycles. The largest absolute Gasteiger partial charge is 0.573 e. The van der Waals surface area contributed by atoms with Crippen molar-refractivity contribution in [1.82, 2.24) is 0 Å². The average Bonchev–Trinajstić information content (AvgIpc) is 2.93. The molecule has 0 radical (unpaired) electrons. The molecule has 1 aliphatic rings. The second-order valence-electron chi connectivity index (χ2n) is 11.5. The first-order chi connectivity index (χ1) is 19.2. The molecule has 3 aromatic rings. The number of hydrogen-bond acceptors (Lipinski definition) is 1. The number of halogens is 5. The van der Waals surface area contributed by atoms with Crippen molar-refractivity contribution in [3.63, 3.8) is 0 Å². The third-order valence-corrected chi connectivity index (χ3v) is 8.53. The first-order valence-electron chi connectivity index (χ1n) is 15.0. The number of unbranched alkanes of at least 4 members (excludes halogenated alkanes) is 4. The molecule has 218 valence electrons. The van der Waals surface area contributed by atoms with Crippen LogP contribution in [0.15, 0.2) is 48.5 Å². The molecule has 6 heteroatoms. The van der Waals surface area contributed by atoms with Crippen molar-refractivity contribution in [2.24, 2.45) is 11.8 Å². The van der Waals surface area contributed by atoms with Gasteiger partial charge in [-0.25, -0.2) is 8.78 Å². The molecular weight excluding hydrogens is 519 g/mol. The molecule has 1 nitrogen and oxygen atoms in total. The van der Waals surface area contributed by atoms with E-state index in [1.807, 2.05) is 18.2 Å². The highest BCUT2D eigenvalue weighted by molar-refractivity contribution is 5.84. The Morgan fingerprint density at radius 3 is 2.10 bits per heavy atom. The molecule has 0 atom stereocenters. The van der Waals surface area contributed by atoms with E-state index in [1.54, 1.807) is 6.07 Å². The van der Waals surface area contributed by atoms with E-state index in [9.17, 15) is 17.6 Å². The maximum atomic E-state index is 15.3. The predicted molar refractivity (Wildman–Crippen MR) is 152 cm³/mol. The van der Waals surface area contributed by atoms with Crippen LogP contribution >= 0.6 is 0 Å². The van der Waals surface area contributed by atoms with Gasteiger partial charge in [-0.1, -0.05) is 108 Å². The summed E-state index contributed by atoms with van der Waals surface area (Å²) in [6.45, 7) is 2.26. The predicted octanol–water partition coefficient (Wildman–Crippen LogP) is 10.9. The van der Waals surface area contributed by atoms with Gasteiger partial charge in [0.2, 0.25) is 0 Å². The van der Waals surface area contributed by atoms with Crippen LogP contribution in [-0.2, 0) is 19.3 Å². The van der Waals surface area contributed by atoms with E-state index in [2.05, 4.69) is 17.7 Å². The Morgan fingerprint density at radius 1 is 0.725 bits per heavy atom. The fraction of sp³-hybridized carbons (Fsp3) is 0.529. The van der Waals surface area contributed by atoms with Crippen LogP contribution in [0.25, 0.3) is 10.8 Å². The summed E-state index contributed by atoms with van der Waals surface area (Å²) in [4.78, 5) is 0. The standard InChI is InChI=1S/C34H41F5O/c1-2-3-4-5-6-7-24-8-10-25(11-9-24)12-13-26-15-20-30-29(22-26)19-18-28(33(30)36)17-14-27-16-21-32(31(35)23-27)40-34(37,38)39/h15-16,18-25H,2-14,17H2,1H3. The Balaban J connectivity index is 1.26. The van der Waals surface area contributed by atoms with Gasteiger partial charge >= 0.3 is 6.36 Å². The van der Waals surface area contributed by atoms with Crippen LogP contribution in [0.3, 0.4) is 0 Å². The Bertz CT molecular complexity index is 1230. The summed E-state index contributed by atoms with van der Waals surface area (Å²) < 4.78 is 70.0. The van der Waals surface area contributed by atoms with Crippen LogP contribution in [0.4, 0.5) is 22.0 Å². The van der Waals surface area contributed by atoms with Gasteiger partial charge < -0.3 is 4.74 Å². The lowest BCUT2D eigenvalue weighted by Crippen LogP contribution is -2.18. The van der Waals surface area contributed by atoms with Crippen LogP contribution in [0.2, 0.25) is 0 Å². The molecule has 1 fully saturated rings. The summed E-state index contributed by atoms with van der Waals surface area (Å²) >= 11 is 0. The molecule has 0 N–H and O–H groups in total. The normalized spacial score (nSPS) is 17.9. The minimum Gasteiger partial charge on any atom is -0.403 e. The monoisotopic (exact) mass is 560 g/mol. The second kappa shape index (κ2) is 14.3. The highest BCUT2D eigenvalue weighted by Crippen LogP contribution is 2.35. The van der Waals surface area contributed by atoms with Gasteiger partial charge in [0, 0.05) is 5.39 Å². The minimum atomic E-state index is -4.96. The summed E-state index contributed by atoms with van der Waals surface area (Å²) in [5, 5.41) is 1.42. The highest BCUT2D eigenvalue weighted by atomic mass is 19.4. The van der Waals surface area contributed by atoms with E-state index in [4.69, 9.17) is 0 Å². The maximum absolute atomic E-state index is 15.3. The highest BCUT2D eigenvalue weighted by Gasteiger charge is 2.32. The van der Waals surface area contributed by atoms with Crippen LogP contribution < -0.4 is 4.74 Å². The number of rotatable bonds is 13. The van der Waals surface area contributed by atoms with Crippen LogP contribution in [0.5, 0.6) is 5.75 Å². The van der Waals surface area contributed by atoms with Crippen LogP contribution in [-0.4, -0.2) is 6.36 Å². The first-order valence-corrected chi connectivity index (χ1v) is 15.0. The fourth-order valence-electron chi connectivity index (χ4n) is 6.14. The lowest BCUT2D eigenvalue weighted by atomic mass is 9.77. The first kappa shape index (κ1) is 30.3. The Labute approximate surface area is 235 Å². The van der Waals surface area contributed by atoms with Crippen LogP contribution in [0.1, 0.15) is 94.2 Å². The third kappa shape index (κ3) is 8.94. The average molecular weight is 561 g/mol. The summed E-state index contributed by atoms with van der Waals surface area (Å²) in [7, 11) is 0. The third-order valence-electron chi connectivity index (χ3n) is 8.53. The van der Waals surface area contributed by atoms with Gasteiger partial charge in [-0.3, -0.25) is 0 Å². The Morgan fingerprint density at radius 2 is 1.40 bits per heavy atom. The van der Waals surface area contributed by atoms with Crippen molar-refractivity contribution in [1.29, 1.82) is 0 Å². The lowest BCUT2D eigenvalue weighted by Gasteiger charge is -2.28. The molecule has 4 rings (SSSR count). The van der Waals surface area contributed by atoms with Crippen molar-refractivity contribution in [2.75, 3.05) is 0 Å². The maximum Gasteiger partial charge on any atom is 0.573 e. The number of fused-ring (bicyclic) bond motifs is 1. The molecule has 0 amide bonds. The molecule has 1 saturated carbocycles. The van der Waals surface area contributed by atoms with Gasteiger partial charge in [0.15, 0.2) is 11.6 Å². The summed E-state index contributed by atoms with van der Waals surface area (Å²) in [6, 6.07) is 13.0. The molecular formula is C34H41F5O. The summed E-state index contributed by atoms with van der Waals surface area (Å²) in [5.74, 6) is -0.561. The molecule has 0 spiro atoms. The quantitative estimate of drug-likeness (QED) is 0.149. The van der Waals surface area contributed by atoms with Gasteiger partial charge in [0.25, 0.3) is 0 Å². The fourth-order valence-corrected chi connectivity index (χ4v) is 6.14. The molecule has 0 aromatic heterocycles. The topological polar surface area (TPSA) is 9.23 Å². The smallest absolute Gasteiger partial charge is 0.403 e. The van der Waals surface area contributed by atoms with Gasteiger partial charge in [-0.05, 0) is 71.7 Å². The number of alkyl halides is 3. The molecule has 3 aromatic carbocycles. The van der Waals surface area contributed by atoms with Gasteiger partial charge in [-0.2, -0.15) is 0 Å². The molecule has 0 bridgehead atoms. The number of benzene rings is 3. The van der Waals surface area contributed by atoms with E-state index in [-0.39, 0.29) is 5.82 Å². The van der Waals surface area contributed by atoms with E-state index in [0.29, 0.717) is 29.4 Å². The van der Waals surface area contributed by atoms with Crippen molar-refractivity contribution in [2.45, 2.75) is 103 Å². The summed E-state index contributed by atoms with van der Waals surface area (Å²) in [5.41, 5.74) is 2.20. The van der Waals surface area contributed by atoms with E-state index in [0.717, 1.165) is 35.8 Å². The molecule has 0 aliphatic heterocycles. The van der Waals surface area contributed by atoms with Crippen LogP contribution in [0, 0.1) is 23.5 Å². The summed E-state index contributed by atoms with van der Waals surface area (Å²) in [6.07, 6.45) is 11.4. The molecule has 0 saturated heterocycles. The lowest BCUT2D eigenvalue weighted by molar-refractivity contribution is -0.275. The van der Waals surface area contributed by atoms with Crippen molar-refractivity contribution >= 4 is 10.8 Å². The number of aryl methyl sites for hydroxylation is 3. The van der Waals surface area contributed by atoms with Crippen molar-refractivity contribution < 1.29 is 26.7 Å². The Hall–Kier alpha value is -2.63. The van der Waals surface area contributed by atoms with Gasteiger partial charge in [-0.15, -0.1) is 13.2 Å². The van der Waals surface area contributed by atoms with E-state index >= 15 is 4.39 Å². The van der Waals surface area contributed by atoms with Gasteiger partial charge in [0.05, 0.1) is 0 Å². The molecule has 0 unspecified atom stereocenters. The SMILES string of the molecule is CCCCCCCC1CCC(CCc2ccc3c(F)c(CCc4ccc(OC(F)(F)F)c(F)c4)ccc3c2)CC1. The zero-order valence-corrected chi connectivity index (χ0v) is 23.5. The minimum absolute atomic E-state index is 0.296. The molecule has 0 heterocycles. The Kier molecular flexibility index (Phi) is 10.9. The van der Waals surface area contributed by atoms with Gasteiger partial charge in [0.1, 0.15) is 5.82 Å². The van der Waals surface area contributed by atoms with E-state index < -0.39 is 17.9 Å². The number of ether oxygens (including phenoxy) is 1. The molecule has 40 heavy (non-hydrogen) atoms. The zero-order chi connectivity index (χ0) is 28.5. The second-order valence-corrected chi connectivity index (χ2v) is 11.5. The van der Waals surface area contributed by atoms with Crippen molar-refractivity contribution in [3.05, 3.63) is 76.9 Å². The zero-order valence-electron chi connectivity index (χ0n) is 23.5. The van der Waals surface area contributed by atoms with E-state index in [1.165, 1.54) is 82.3 Å². The number of hydrogen-bond donors (Lipinski definition) is 0. The van der Waals surface area contributed by atoms with Crippen molar-refractivity contribution in [3.8, 4) is 5.75 Å².